The molecule has 6 heteroatoms. The number of hydrogen-bond donors (Lipinski definition) is 3. The predicted octanol–water partition coefficient (Wildman–Crippen LogP) is -0.0967. The number of carbonyl (C=O) groups is 2. The molecular weight excluding hydrogens is 222 g/mol. The molecule has 0 bridgehead atoms. The molecule has 0 atom stereocenters. The Hall–Kier alpha value is -2.63. The SMILES string of the molecule is NC1=NC(=CC(=O)c2ccccc2O)C(=O)N1. The Balaban J connectivity index is 2.32. The Morgan fingerprint density at radius 1 is 1.41 bits per heavy atom. The third kappa shape index (κ3) is 2.15. The van der Waals surface area contributed by atoms with Gasteiger partial charge < -0.3 is 10.8 Å². The maximum absolute atomic E-state index is 11.7. The zero-order valence-corrected chi connectivity index (χ0v) is 8.68. The van der Waals surface area contributed by atoms with E-state index in [1.807, 2.05) is 0 Å². The smallest absolute Gasteiger partial charge is 0.276 e. The topological polar surface area (TPSA) is 105 Å². The molecule has 1 aliphatic rings. The van der Waals surface area contributed by atoms with E-state index in [0.717, 1.165) is 6.08 Å². The summed E-state index contributed by atoms with van der Waals surface area (Å²) in [7, 11) is 0. The fourth-order valence-corrected chi connectivity index (χ4v) is 1.37. The van der Waals surface area contributed by atoms with Gasteiger partial charge in [0.05, 0.1) is 5.56 Å². The van der Waals surface area contributed by atoms with Crippen LogP contribution in [0.25, 0.3) is 0 Å². The van der Waals surface area contributed by atoms with Crippen molar-refractivity contribution < 1.29 is 14.7 Å². The quantitative estimate of drug-likeness (QED) is 0.488. The van der Waals surface area contributed by atoms with Gasteiger partial charge in [0.1, 0.15) is 11.4 Å². The largest absolute Gasteiger partial charge is 0.507 e. The van der Waals surface area contributed by atoms with Crippen LogP contribution >= 0.6 is 0 Å². The van der Waals surface area contributed by atoms with Crippen LogP contribution < -0.4 is 11.1 Å². The Bertz CT molecular complexity index is 561. The molecule has 4 N–H and O–H groups in total. The molecule has 17 heavy (non-hydrogen) atoms. The number of ketones is 1. The maximum atomic E-state index is 11.7. The van der Waals surface area contributed by atoms with Crippen molar-refractivity contribution >= 4 is 17.6 Å². The lowest BCUT2D eigenvalue weighted by atomic mass is 10.1. The van der Waals surface area contributed by atoms with Crippen LogP contribution in [0, 0.1) is 0 Å². The molecule has 0 saturated carbocycles. The minimum atomic E-state index is -0.536. The van der Waals surface area contributed by atoms with Gasteiger partial charge in [-0.25, -0.2) is 4.99 Å². The molecule has 1 aromatic carbocycles. The zero-order chi connectivity index (χ0) is 12.4. The van der Waals surface area contributed by atoms with Gasteiger partial charge in [0.25, 0.3) is 5.91 Å². The molecule has 1 heterocycles. The average Bonchev–Trinajstić information content (AvgIpc) is 2.58. The number of para-hydroxylation sites is 1. The number of amides is 1. The van der Waals surface area contributed by atoms with Gasteiger partial charge in [-0.05, 0) is 12.1 Å². The van der Waals surface area contributed by atoms with Crippen molar-refractivity contribution in [2.75, 3.05) is 0 Å². The molecular formula is C11H9N3O3. The van der Waals surface area contributed by atoms with Gasteiger partial charge in [0, 0.05) is 6.08 Å². The predicted molar refractivity (Wildman–Crippen MR) is 60.3 cm³/mol. The molecule has 0 saturated heterocycles. The van der Waals surface area contributed by atoms with Crippen LogP contribution in [-0.4, -0.2) is 22.8 Å². The van der Waals surface area contributed by atoms with Gasteiger partial charge in [-0.15, -0.1) is 0 Å². The van der Waals surface area contributed by atoms with Crippen LogP contribution in [0.3, 0.4) is 0 Å². The summed E-state index contributed by atoms with van der Waals surface area (Å²) in [6.07, 6.45) is 1.03. The normalized spacial score (nSPS) is 16.8. The van der Waals surface area contributed by atoms with Crippen LogP contribution in [0.1, 0.15) is 10.4 Å². The monoisotopic (exact) mass is 231 g/mol. The first kappa shape index (κ1) is 10.9. The van der Waals surface area contributed by atoms with Crippen LogP contribution in [0.5, 0.6) is 5.75 Å². The van der Waals surface area contributed by atoms with E-state index >= 15 is 0 Å². The van der Waals surface area contributed by atoms with E-state index in [9.17, 15) is 14.7 Å². The molecule has 1 aromatic rings. The first-order chi connectivity index (χ1) is 8.08. The molecule has 0 aromatic heterocycles. The Morgan fingerprint density at radius 2 is 2.12 bits per heavy atom. The average molecular weight is 231 g/mol. The van der Waals surface area contributed by atoms with E-state index < -0.39 is 11.7 Å². The number of rotatable bonds is 2. The van der Waals surface area contributed by atoms with Crippen molar-refractivity contribution in [1.29, 1.82) is 0 Å². The number of nitrogens with one attached hydrogen (secondary N) is 1. The van der Waals surface area contributed by atoms with Gasteiger partial charge in [-0.2, -0.15) is 0 Å². The van der Waals surface area contributed by atoms with E-state index in [-0.39, 0.29) is 23.0 Å². The van der Waals surface area contributed by atoms with E-state index in [2.05, 4.69) is 10.3 Å². The number of allylic oxidation sites excluding steroid dienone is 1. The van der Waals surface area contributed by atoms with Gasteiger partial charge in [0.2, 0.25) is 5.96 Å². The van der Waals surface area contributed by atoms with Crippen molar-refractivity contribution in [3.8, 4) is 5.75 Å². The summed E-state index contributed by atoms with van der Waals surface area (Å²) in [6.45, 7) is 0. The highest BCUT2D eigenvalue weighted by atomic mass is 16.3. The third-order valence-electron chi connectivity index (χ3n) is 2.15. The van der Waals surface area contributed by atoms with Crippen molar-refractivity contribution in [1.82, 2.24) is 5.32 Å². The number of phenolic OH excluding ortho intramolecular Hbond substituents is 1. The molecule has 6 nitrogen and oxygen atoms in total. The summed E-state index contributed by atoms with van der Waals surface area (Å²) in [5, 5.41) is 11.7. The lowest BCUT2D eigenvalue weighted by Crippen LogP contribution is -2.30. The van der Waals surface area contributed by atoms with E-state index in [4.69, 9.17) is 5.73 Å². The number of benzene rings is 1. The number of nitrogens with zero attached hydrogens (tertiary/aromatic N) is 1. The summed E-state index contributed by atoms with van der Waals surface area (Å²) in [5.41, 5.74) is 5.31. The molecule has 2 rings (SSSR count). The van der Waals surface area contributed by atoms with E-state index in [0.29, 0.717) is 0 Å². The molecule has 0 fully saturated rings. The first-order valence-corrected chi connectivity index (χ1v) is 4.77. The Labute approximate surface area is 96.5 Å². The number of phenols is 1. The number of carbonyl (C=O) groups excluding carboxylic acids is 2. The van der Waals surface area contributed by atoms with Crippen LogP contribution in [-0.2, 0) is 4.79 Å². The van der Waals surface area contributed by atoms with Gasteiger partial charge in [-0.1, -0.05) is 12.1 Å². The Morgan fingerprint density at radius 3 is 2.71 bits per heavy atom. The first-order valence-electron chi connectivity index (χ1n) is 4.77. The fraction of sp³-hybridized carbons (Fsp3) is 0. The molecule has 0 spiro atoms. The van der Waals surface area contributed by atoms with Crippen molar-refractivity contribution in [3.63, 3.8) is 0 Å². The molecule has 86 valence electrons. The summed E-state index contributed by atoms with van der Waals surface area (Å²) >= 11 is 0. The van der Waals surface area contributed by atoms with Crippen LogP contribution in [0.4, 0.5) is 0 Å². The number of nitrogens with two attached hydrogens (primary N) is 1. The third-order valence-corrected chi connectivity index (χ3v) is 2.15. The maximum Gasteiger partial charge on any atom is 0.276 e. The minimum absolute atomic E-state index is 0.0497. The lowest BCUT2D eigenvalue weighted by molar-refractivity contribution is -0.115. The van der Waals surface area contributed by atoms with E-state index in [1.165, 1.54) is 12.1 Å². The molecule has 1 aliphatic heterocycles. The molecule has 0 unspecified atom stereocenters. The molecule has 0 radical (unpaired) electrons. The second-order valence-corrected chi connectivity index (χ2v) is 3.36. The van der Waals surface area contributed by atoms with Crippen molar-refractivity contribution in [3.05, 3.63) is 41.6 Å². The highest BCUT2D eigenvalue weighted by Crippen LogP contribution is 2.17. The summed E-state index contributed by atoms with van der Waals surface area (Å²) in [5.74, 6) is -1.24. The zero-order valence-electron chi connectivity index (χ0n) is 8.68. The molecule has 1 amide bonds. The second kappa shape index (κ2) is 4.09. The number of hydrogen-bond acceptors (Lipinski definition) is 5. The van der Waals surface area contributed by atoms with Crippen LogP contribution in [0.15, 0.2) is 41.0 Å². The summed E-state index contributed by atoms with van der Waals surface area (Å²) < 4.78 is 0. The fourth-order valence-electron chi connectivity index (χ4n) is 1.37. The standard InChI is InChI=1S/C11H9N3O3/c12-11-13-7(10(17)14-11)5-9(16)6-3-1-2-4-8(6)15/h1-5,15H,(H3,12,13,14,17). The Kier molecular flexibility index (Phi) is 2.61. The lowest BCUT2D eigenvalue weighted by Gasteiger charge is -1.99. The van der Waals surface area contributed by atoms with E-state index in [1.54, 1.807) is 12.1 Å². The number of aliphatic imine (C=N–C) groups is 1. The minimum Gasteiger partial charge on any atom is -0.507 e. The number of aromatic hydroxyl groups is 1. The highest BCUT2D eigenvalue weighted by Gasteiger charge is 2.19. The number of guanidine groups is 1. The second-order valence-electron chi connectivity index (χ2n) is 3.36. The molecule has 0 aliphatic carbocycles. The van der Waals surface area contributed by atoms with Gasteiger partial charge in [0.15, 0.2) is 5.78 Å². The van der Waals surface area contributed by atoms with Crippen LogP contribution in [0.2, 0.25) is 0 Å². The van der Waals surface area contributed by atoms with Gasteiger partial charge >= 0.3 is 0 Å². The van der Waals surface area contributed by atoms with Crippen molar-refractivity contribution in [2.45, 2.75) is 0 Å². The van der Waals surface area contributed by atoms with Crippen molar-refractivity contribution in [2.24, 2.45) is 10.7 Å². The summed E-state index contributed by atoms with van der Waals surface area (Å²) in [4.78, 5) is 26.7. The highest BCUT2D eigenvalue weighted by molar-refractivity contribution is 6.16. The summed E-state index contributed by atoms with van der Waals surface area (Å²) in [6, 6.07) is 6.04. The van der Waals surface area contributed by atoms with Gasteiger partial charge in [-0.3, -0.25) is 14.9 Å².